The molecule has 2 rings (SSSR count). The lowest BCUT2D eigenvalue weighted by Crippen LogP contribution is -2.09. The molecule has 0 aliphatic carbocycles. The van der Waals surface area contributed by atoms with Crippen LogP contribution in [0.4, 0.5) is 5.69 Å². The topological polar surface area (TPSA) is 32.3 Å². The Balaban J connectivity index is 1.88. The SMILES string of the molecule is CC(CNc1ccc(CCO)cc1)c1ccccc1. The molecule has 0 aliphatic rings. The lowest BCUT2D eigenvalue weighted by molar-refractivity contribution is 0.299. The first-order valence-corrected chi connectivity index (χ1v) is 6.78. The smallest absolute Gasteiger partial charge is 0.0471 e. The highest BCUT2D eigenvalue weighted by atomic mass is 16.2. The zero-order chi connectivity index (χ0) is 13.5. The molecule has 2 aromatic rings. The van der Waals surface area contributed by atoms with Crippen molar-refractivity contribution in [3.8, 4) is 0 Å². The van der Waals surface area contributed by atoms with Crippen LogP contribution in [0, 0.1) is 0 Å². The molecule has 0 amide bonds. The van der Waals surface area contributed by atoms with Crippen molar-refractivity contribution in [3.05, 3.63) is 65.7 Å². The highest BCUT2D eigenvalue weighted by Gasteiger charge is 2.04. The van der Waals surface area contributed by atoms with E-state index in [9.17, 15) is 0 Å². The van der Waals surface area contributed by atoms with Gasteiger partial charge >= 0.3 is 0 Å². The van der Waals surface area contributed by atoms with E-state index in [1.807, 2.05) is 6.07 Å². The van der Waals surface area contributed by atoms with Gasteiger partial charge in [-0.3, -0.25) is 0 Å². The number of rotatable bonds is 6. The first-order chi connectivity index (χ1) is 9.29. The summed E-state index contributed by atoms with van der Waals surface area (Å²) in [6, 6.07) is 18.8. The highest BCUT2D eigenvalue weighted by Crippen LogP contribution is 2.16. The maximum Gasteiger partial charge on any atom is 0.0471 e. The van der Waals surface area contributed by atoms with Crippen LogP contribution in [0.5, 0.6) is 0 Å². The van der Waals surface area contributed by atoms with Gasteiger partial charge in [-0.05, 0) is 35.6 Å². The number of hydrogen-bond donors (Lipinski definition) is 2. The molecule has 19 heavy (non-hydrogen) atoms. The van der Waals surface area contributed by atoms with Gasteiger partial charge in [0.2, 0.25) is 0 Å². The maximum absolute atomic E-state index is 8.88. The van der Waals surface area contributed by atoms with Crippen molar-refractivity contribution in [2.75, 3.05) is 18.5 Å². The van der Waals surface area contributed by atoms with Gasteiger partial charge in [0, 0.05) is 18.8 Å². The van der Waals surface area contributed by atoms with E-state index in [2.05, 4.69) is 60.8 Å². The summed E-state index contributed by atoms with van der Waals surface area (Å²) in [5, 5.41) is 12.3. The molecule has 2 N–H and O–H groups in total. The zero-order valence-electron chi connectivity index (χ0n) is 11.3. The second kappa shape index (κ2) is 6.95. The van der Waals surface area contributed by atoms with Crippen LogP contribution in [-0.4, -0.2) is 18.3 Å². The summed E-state index contributed by atoms with van der Waals surface area (Å²) in [6.45, 7) is 3.35. The van der Waals surface area contributed by atoms with E-state index in [1.54, 1.807) is 0 Å². The van der Waals surface area contributed by atoms with Crippen molar-refractivity contribution in [3.63, 3.8) is 0 Å². The minimum atomic E-state index is 0.206. The second-order valence-corrected chi connectivity index (χ2v) is 4.86. The lowest BCUT2D eigenvalue weighted by Gasteiger charge is -2.14. The van der Waals surface area contributed by atoms with E-state index in [0.29, 0.717) is 5.92 Å². The van der Waals surface area contributed by atoms with E-state index in [-0.39, 0.29) is 6.61 Å². The Morgan fingerprint density at radius 3 is 2.32 bits per heavy atom. The van der Waals surface area contributed by atoms with Gasteiger partial charge in [0.25, 0.3) is 0 Å². The van der Waals surface area contributed by atoms with Crippen LogP contribution in [0.3, 0.4) is 0 Å². The third-order valence-corrected chi connectivity index (χ3v) is 3.34. The first kappa shape index (κ1) is 13.6. The largest absolute Gasteiger partial charge is 0.396 e. The van der Waals surface area contributed by atoms with Crippen molar-refractivity contribution >= 4 is 5.69 Å². The molecule has 100 valence electrons. The van der Waals surface area contributed by atoms with Gasteiger partial charge in [-0.2, -0.15) is 0 Å². The van der Waals surface area contributed by atoms with Gasteiger partial charge in [-0.1, -0.05) is 49.4 Å². The summed E-state index contributed by atoms with van der Waals surface area (Å²) in [7, 11) is 0. The molecular weight excluding hydrogens is 234 g/mol. The fraction of sp³-hybridized carbons (Fsp3) is 0.294. The quantitative estimate of drug-likeness (QED) is 0.828. The number of nitrogens with one attached hydrogen (secondary N) is 1. The Morgan fingerprint density at radius 1 is 1.00 bits per heavy atom. The fourth-order valence-corrected chi connectivity index (χ4v) is 2.09. The second-order valence-electron chi connectivity index (χ2n) is 4.86. The van der Waals surface area contributed by atoms with Crippen molar-refractivity contribution in [1.82, 2.24) is 0 Å². The van der Waals surface area contributed by atoms with Crippen molar-refractivity contribution in [2.24, 2.45) is 0 Å². The summed E-state index contributed by atoms with van der Waals surface area (Å²) in [5.41, 5.74) is 3.65. The molecular formula is C17H21NO. The Kier molecular flexibility index (Phi) is 4.99. The normalized spacial score (nSPS) is 12.1. The van der Waals surface area contributed by atoms with Gasteiger partial charge in [-0.15, -0.1) is 0 Å². The first-order valence-electron chi connectivity index (χ1n) is 6.78. The molecule has 0 saturated carbocycles. The summed E-state index contributed by atoms with van der Waals surface area (Å²) in [4.78, 5) is 0. The molecule has 0 bridgehead atoms. The molecule has 0 heterocycles. The minimum Gasteiger partial charge on any atom is -0.396 e. The molecule has 2 nitrogen and oxygen atoms in total. The monoisotopic (exact) mass is 255 g/mol. The Bertz CT molecular complexity index is 478. The van der Waals surface area contributed by atoms with Crippen LogP contribution in [0.1, 0.15) is 24.0 Å². The number of aliphatic hydroxyl groups is 1. The van der Waals surface area contributed by atoms with Gasteiger partial charge in [0.1, 0.15) is 0 Å². The van der Waals surface area contributed by atoms with E-state index in [4.69, 9.17) is 5.11 Å². The molecule has 2 heteroatoms. The predicted molar refractivity (Wildman–Crippen MR) is 80.6 cm³/mol. The number of aliphatic hydroxyl groups excluding tert-OH is 1. The molecule has 0 saturated heterocycles. The van der Waals surface area contributed by atoms with Crippen LogP contribution >= 0.6 is 0 Å². The number of anilines is 1. The van der Waals surface area contributed by atoms with Gasteiger partial charge in [0.05, 0.1) is 0 Å². The van der Waals surface area contributed by atoms with Crippen molar-refractivity contribution in [1.29, 1.82) is 0 Å². The van der Waals surface area contributed by atoms with Crippen molar-refractivity contribution < 1.29 is 5.11 Å². The molecule has 0 aliphatic heterocycles. The van der Waals surface area contributed by atoms with Crippen LogP contribution in [0.2, 0.25) is 0 Å². The number of hydrogen-bond acceptors (Lipinski definition) is 2. The van der Waals surface area contributed by atoms with Gasteiger partial charge in [0.15, 0.2) is 0 Å². The molecule has 0 aromatic heterocycles. The van der Waals surface area contributed by atoms with E-state index >= 15 is 0 Å². The average Bonchev–Trinajstić information content (AvgIpc) is 2.47. The lowest BCUT2D eigenvalue weighted by atomic mass is 10.0. The van der Waals surface area contributed by atoms with Crippen LogP contribution in [-0.2, 0) is 6.42 Å². The summed E-state index contributed by atoms with van der Waals surface area (Å²) in [5.74, 6) is 0.485. The van der Waals surface area contributed by atoms with Crippen LogP contribution in [0.15, 0.2) is 54.6 Å². The average molecular weight is 255 g/mol. The Labute approximate surface area is 115 Å². The summed E-state index contributed by atoms with van der Waals surface area (Å²) in [6.07, 6.45) is 0.723. The van der Waals surface area contributed by atoms with Crippen molar-refractivity contribution in [2.45, 2.75) is 19.3 Å². The zero-order valence-corrected chi connectivity index (χ0v) is 11.3. The molecule has 2 aromatic carbocycles. The van der Waals surface area contributed by atoms with E-state index in [0.717, 1.165) is 18.7 Å². The summed E-state index contributed by atoms with van der Waals surface area (Å²) < 4.78 is 0. The number of benzene rings is 2. The van der Waals surface area contributed by atoms with Crippen LogP contribution < -0.4 is 5.32 Å². The molecule has 0 fully saturated rings. The Hall–Kier alpha value is -1.80. The van der Waals surface area contributed by atoms with E-state index < -0.39 is 0 Å². The molecule has 1 atom stereocenters. The molecule has 1 unspecified atom stereocenters. The third-order valence-electron chi connectivity index (χ3n) is 3.34. The fourth-order valence-electron chi connectivity index (χ4n) is 2.09. The summed E-state index contributed by atoms with van der Waals surface area (Å²) >= 11 is 0. The minimum absolute atomic E-state index is 0.206. The van der Waals surface area contributed by atoms with Gasteiger partial charge < -0.3 is 10.4 Å². The maximum atomic E-state index is 8.88. The Morgan fingerprint density at radius 2 is 1.68 bits per heavy atom. The molecule has 0 radical (unpaired) electrons. The third kappa shape index (κ3) is 4.11. The standard InChI is InChI=1S/C17H21NO/c1-14(16-5-3-2-4-6-16)13-18-17-9-7-15(8-10-17)11-12-19/h2-10,14,18-19H,11-13H2,1H3. The van der Waals surface area contributed by atoms with Gasteiger partial charge in [-0.25, -0.2) is 0 Å². The molecule has 0 spiro atoms. The van der Waals surface area contributed by atoms with E-state index in [1.165, 1.54) is 11.1 Å². The highest BCUT2D eigenvalue weighted by molar-refractivity contribution is 5.45. The predicted octanol–water partition coefficient (Wildman–Crippen LogP) is 3.44. The van der Waals surface area contributed by atoms with Crippen LogP contribution in [0.25, 0.3) is 0 Å².